The summed E-state index contributed by atoms with van der Waals surface area (Å²) in [7, 11) is -2.76. The number of nitrogens with zero attached hydrogens (tertiary/aromatic N) is 2. The second kappa shape index (κ2) is 5.49. The smallest absolute Gasteiger partial charge is 0.324 e. The minimum absolute atomic E-state index is 0.00237. The summed E-state index contributed by atoms with van der Waals surface area (Å²) in [5, 5.41) is 18.4. The minimum Gasteiger partial charge on any atom is -0.468 e. The Balaban J connectivity index is 2.37. The molecule has 0 spiro atoms. The molecule has 7 nitrogen and oxygen atoms in total. The number of methoxy groups -OCH3 is 1. The molecule has 0 saturated carbocycles. The number of thiophene rings is 1. The number of sulfonamides is 1. The minimum atomic E-state index is -3.93. The van der Waals surface area contributed by atoms with Gasteiger partial charge in [0, 0.05) is 13.0 Å². The van der Waals surface area contributed by atoms with Crippen LogP contribution in [-0.4, -0.2) is 49.6 Å². The van der Waals surface area contributed by atoms with Gasteiger partial charge in [0.15, 0.2) is 0 Å². The molecule has 0 aromatic carbocycles. The summed E-state index contributed by atoms with van der Waals surface area (Å²) in [6, 6.07) is 3.54. The quantitative estimate of drug-likeness (QED) is 0.781. The molecule has 2 unspecified atom stereocenters. The molecular weight excluding hydrogens is 304 g/mol. The van der Waals surface area contributed by atoms with E-state index in [1.807, 2.05) is 6.07 Å². The molecule has 0 bridgehead atoms. The SMILES string of the molecule is COC(=O)C1CC(O)CN1S(=O)(=O)c1ccc(C#N)s1. The molecule has 1 saturated heterocycles. The lowest BCUT2D eigenvalue weighted by Crippen LogP contribution is -2.40. The van der Waals surface area contributed by atoms with Crippen LogP contribution in [0.4, 0.5) is 0 Å². The molecular formula is C11H12N2O5S2. The zero-order chi connectivity index (χ0) is 14.9. The van der Waals surface area contributed by atoms with Gasteiger partial charge in [0.1, 0.15) is 21.2 Å². The maximum atomic E-state index is 12.4. The topological polar surface area (TPSA) is 108 Å². The van der Waals surface area contributed by atoms with E-state index < -0.39 is 28.1 Å². The number of rotatable bonds is 3. The molecule has 1 N–H and O–H groups in total. The molecule has 1 aromatic rings. The second-order valence-electron chi connectivity index (χ2n) is 4.23. The zero-order valence-corrected chi connectivity index (χ0v) is 12.1. The van der Waals surface area contributed by atoms with Crippen molar-refractivity contribution >= 4 is 27.3 Å². The summed E-state index contributed by atoms with van der Waals surface area (Å²) in [6.45, 7) is -0.165. The fourth-order valence-corrected chi connectivity index (χ4v) is 4.89. The molecule has 2 rings (SSSR count). The van der Waals surface area contributed by atoms with Crippen molar-refractivity contribution in [2.24, 2.45) is 0 Å². The van der Waals surface area contributed by atoms with Crippen LogP contribution in [0.3, 0.4) is 0 Å². The van der Waals surface area contributed by atoms with Crippen molar-refractivity contribution in [3.63, 3.8) is 0 Å². The van der Waals surface area contributed by atoms with E-state index in [1.54, 1.807) is 0 Å². The summed E-state index contributed by atoms with van der Waals surface area (Å²) < 4.78 is 30.4. The summed E-state index contributed by atoms with van der Waals surface area (Å²) in [6.07, 6.45) is -0.910. The van der Waals surface area contributed by atoms with E-state index in [-0.39, 0.29) is 22.1 Å². The summed E-state index contributed by atoms with van der Waals surface area (Å²) in [5.41, 5.74) is 0. The van der Waals surface area contributed by atoms with Crippen LogP contribution < -0.4 is 0 Å². The molecule has 1 aliphatic heterocycles. The van der Waals surface area contributed by atoms with E-state index in [2.05, 4.69) is 4.74 Å². The van der Waals surface area contributed by atoms with Crippen LogP contribution in [0.25, 0.3) is 0 Å². The molecule has 2 heterocycles. The fourth-order valence-electron chi connectivity index (χ4n) is 2.03. The first-order valence-corrected chi connectivity index (χ1v) is 7.93. The Hall–Kier alpha value is -1.47. The van der Waals surface area contributed by atoms with Crippen molar-refractivity contribution < 1.29 is 23.1 Å². The predicted octanol–water partition coefficient (Wildman–Crippen LogP) is -0.0833. The van der Waals surface area contributed by atoms with Gasteiger partial charge in [0.05, 0.1) is 13.2 Å². The number of hydrogen-bond donors (Lipinski definition) is 1. The highest BCUT2D eigenvalue weighted by atomic mass is 32.2. The van der Waals surface area contributed by atoms with Gasteiger partial charge in [0.25, 0.3) is 10.0 Å². The first-order chi connectivity index (χ1) is 9.40. The van der Waals surface area contributed by atoms with E-state index in [0.717, 1.165) is 22.8 Å². The van der Waals surface area contributed by atoms with Crippen molar-refractivity contribution in [3.8, 4) is 6.07 Å². The number of carbonyl (C=O) groups excluding carboxylic acids is 1. The fraction of sp³-hybridized carbons (Fsp3) is 0.455. The Bertz CT molecular complexity index is 661. The first-order valence-electron chi connectivity index (χ1n) is 5.68. The van der Waals surface area contributed by atoms with Crippen molar-refractivity contribution in [2.75, 3.05) is 13.7 Å². The Morgan fingerprint density at radius 1 is 1.60 bits per heavy atom. The Morgan fingerprint density at radius 3 is 2.85 bits per heavy atom. The maximum absolute atomic E-state index is 12.4. The van der Waals surface area contributed by atoms with Crippen LogP contribution in [0.1, 0.15) is 11.3 Å². The Kier molecular flexibility index (Phi) is 4.10. The average Bonchev–Trinajstić information content (AvgIpc) is 3.04. The van der Waals surface area contributed by atoms with Crippen LogP contribution in [0.15, 0.2) is 16.3 Å². The second-order valence-corrected chi connectivity index (χ2v) is 7.43. The van der Waals surface area contributed by atoms with E-state index in [1.165, 1.54) is 12.1 Å². The molecule has 1 aliphatic rings. The van der Waals surface area contributed by atoms with E-state index in [9.17, 15) is 18.3 Å². The number of carbonyl (C=O) groups is 1. The first kappa shape index (κ1) is 14.9. The van der Waals surface area contributed by atoms with E-state index >= 15 is 0 Å². The standard InChI is InChI=1S/C11H12N2O5S2/c1-18-11(15)9-4-7(14)6-13(9)20(16,17)10-3-2-8(5-12)19-10/h2-3,7,9,14H,4,6H2,1H3. The van der Waals surface area contributed by atoms with Gasteiger partial charge in [-0.3, -0.25) is 4.79 Å². The maximum Gasteiger partial charge on any atom is 0.324 e. The normalized spacial score (nSPS) is 23.4. The van der Waals surface area contributed by atoms with Crippen molar-refractivity contribution in [1.29, 1.82) is 5.26 Å². The lowest BCUT2D eigenvalue weighted by Gasteiger charge is -2.20. The summed E-state index contributed by atoms with van der Waals surface area (Å²) in [4.78, 5) is 11.9. The molecule has 108 valence electrons. The van der Waals surface area contributed by atoms with E-state index in [0.29, 0.717) is 0 Å². The molecule has 2 atom stereocenters. The number of ether oxygens (including phenoxy) is 1. The number of hydrogen-bond acceptors (Lipinski definition) is 7. The van der Waals surface area contributed by atoms with Gasteiger partial charge < -0.3 is 9.84 Å². The summed E-state index contributed by atoms with van der Waals surface area (Å²) >= 11 is 0.825. The highest BCUT2D eigenvalue weighted by Crippen LogP contribution is 2.30. The van der Waals surface area contributed by atoms with Crippen LogP contribution in [0.5, 0.6) is 0 Å². The molecule has 1 fully saturated rings. The summed E-state index contributed by atoms with van der Waals surface area (Å²) in [5.74, 6) is -0.706. The van der Waals surface area contributed by atoms with Crippen molar-refractivity contribution in [3.05, 3.63) is 17.0 Å². The van der Waals surface area contributed by atoms with Crippen LogP contribution in [-0.2, 0) is 19.6 Å². The highest BCUT2D eigenvalue weighted by molar-refractivity contribution is 7.91. The molecule has 9 heteroatoms. The van der Waals surface area contributed by atoms with Crippen LogP contribution >= 0.6 is 11.3 Å². The van der Waals surface area contributed by atoms with Crippen LogP contribution in [0, 0.1) is 11.3 Å². The lowest BCUT2D eigenvalue weighted by molar-refractivity contribution is -0.144. The van der Waals surface area contributed by atoms with Gasteiger partial charge >= 0.3 is 5.97 Å². The van der Waals surface area contributed by atoms with Gasteiger partial charge in [-0.15, -0.1) is 11.3 Å². The molecule has 20 heavy (non-hydrogen) atoms. The van der Waals surface area contributed by atoms with Gasteiger partial charge in [-0.2, -0.15) is 9.57 Å². The third-order valence-corrected chi connectivity index (χ3v) is 6.29. The van der Waals surface area contributed by atoms with E-state index in [4.69, 9.17) is 5.26 Å². The van der Waals surface area contributed by atoms with Crippen LogP contribution in [0.2, 0.25) is 0 Å². The lowest BCUT2D eigenvalue weighted by atomic mass is 10.2. The largest absolute Gasteiger partial charge is 0.468 e. The highest BCUT2D eigenvalue weighted by Gasteiger charge is 2.44. The zero-order valence-electron chi connectivity index (χ0n) is 10.5. The molecule has 0 aliphatic carbocycles. The average molecular weight is 316 g/mol. The number of aliphatic hydroxyl groups is 1. The van der Waals surface area contributed by atoms with Gasteiger partial charge in [-0.05, 0) is 12.1 Å². The monoisotopic (exact) mass is 316 g/mol. The Labute approximate surface area is 120 Å². The Morgan fingerprint density at radius 2 is 2.30 bits per heavy atom. The number of esters is 1. The van der Waals surface area contributed by atoms with Gasteiger partial charge in [-0.1, -0.05) is 0 Å². The molecule has 0 radical (unpaired) electrons. The molecule has 0 amide bonds. The van der Waals surface area contributed by atoms with Crippen molar-refractivity contribution in [2.45, 2.75) is 22.8 Å². The number of nitriles is 1. The van der Waals surface area contributed by atoms with Crippen molar-refractivity contribution in [1.82, 2.24) is 4.31 Å². The molecule has 1 aromatic heterocycles. The third-order valence-electron chi connectivity index (χ3n) is 2.96. The van der Waals surface area contributed by atoms with Gasteiger partial charge in [0.2, 0.25) is 0 Å². The van der Waals surface area contributed by atoms with Gasteiger partial charge in [-0.25, -0.2) is 8.42 Å². The third kappa shape index (κ3) is 2.55. The predicted molar refractivity (Wildman–Crippen MR) is 69.4 cm³/mol. The number of β-amino-alcohol motifs (C(OH)–C–C–N with tert-alkyl or cyclic N) is 1. The number of aliphatic hydroxyl groups excluding tert-OH is 1.